The van der Waals surface area contributed by atoms with E-state index in [9.17, 15) is 4.79 Å². The monoisotopic (exact) mass is 237 g/mol. The van der Waals surface area contributed by atoms with E-state index in [-0.39, 0.29) is 0 Å². The van der Waals surface area contributed by atoms with Gasteiger partial charge in [0.25, 0.3) is 0 Å². The van der Waals surface area contributed by atoms with Gasteiger partial charge >= 0.3 is 6.09 Å². The Labute approximate surface area is 105 Å². The molecule has 2 aromatic carbocycles. The third kappa shape index (κ3) is 3.69. The molecule has 0 radical (unpaired) electrons. The fourth-order valence-corrected chi connectivity index (χ4v) is 1.32. The first kappa shape index (κ1) is 11.7. The Morgan fingerprint density at radius 2 is 1.56 bits per heavy atom. The number of anilines is 1. The number of carbonyl (C=O) groups is 1. The summed E-state index contributed by atoms with van der Waals surface area (Å²) in [4.78, 5) is 11.4. The summed E-state index contributed by atoms with van der Waals surface area (Å²) in [5.41, 5.74) is 1.47. The Balaban J connectivity index is 1.88. The highest BCUT2D eigenvalue weighted by Crippen LogP contribution is 2.04. The van der Waals surface area contributed by atoms with Crippen molar-refractivity contribution in [3.05, 3.63) is 66.2 Å². The summed E-state index contributed by atoms with van der Waals surface area (Å²) in [7, 11) is 0. The second kappa shape index (κ2) is 6.12. The molecule has 0 saturated carbocycles. The number of ether oxygens (including phenoxy) is 1. The highest BCUT2D eigenvalue weighted by Gasteiger charge is 1.99. The summed E-state index contributed by atoms with van der Waals surface area (Å²) >= 11 is 0. The molecular weight excluding hydrogens is 226 g/mol. The van der Waals surface area contributed by atoms with Crippen LogP contribution in [-0.4, -0.2) is 6.09 Å². The van der Waals surface area contributed by atoms with Gasteiger partial charge in [-0.15, -0.1) is 0 Å². The van der Waals surface area contributed by atoms with Gasteiger partial charge in [-0.25, -0.2) is 4.79 Å². The lowest BCUT2D eigenvalue weighted by Crippen LogP contribution is -2.10. The largest absolute Gasteiger partial charge is 0.425 e. The first-order valence-electron chi connectivity index (χ1n) is 5.43. The van der Waals surface area contributed by atoms with Crippen molar-refractivity contribution in [1.82, 2.24) is 0 Å². The van der Waals surface area contributed by atoms with E-state index in [2.05, 4.69) is 17.3 Å². The van der Waals surface area contributed by atoms with E-state index in [1.54, 1.807) is 12.1 Å². The number of hydrogen-bond donors (Lipinski definition) is 1. The molecule has 0 aliphatic rings. The maximum Gasteiger partial charge on any atom is 0.425 e. The molecule has 2 rings (SSSR count). The number of benzene rings is 2. The van der Waals surface area contributed by atoms with E-state index in [0.717, 1.165) is 5.56 Å². The maximum absolute atomic E-state index is 11.4. The van der Waals surface area contributed by atoms with Gasteiger partial charge in [0.2, 0.25) is 0 Å². The molecule has 0 bridgehead atoms. The summed E-state index contributed by atoms with van der Waals surface area (Å²) < 4.78 is 4.74. The van der Waals surface area contributed by atoms with Gasteiger partial charge in [-0.2, -0.15) is 0 Å². The molecule has 88 valence electrons. The van der Waals surface area contributed by atoms with Gasteiger partial charge < -0.3 is 4.74 Å². The van der Waals surface area contributed by atoms with Gasteiger partial charge in [0.15, 0.2) is 0 Å². The van der Waals surface area contributed by atoms with Crippen LogP contribution in [0.2, 0.25) is 0 Å². The first-order valence-corrected chi connectivity index (χ1v) is 5.43. The predicted molar refractivity (Wildman–Crippen MR) is 69.9 cm³/mol. The summed E-state index contributed by atoms with van der Waals surface area (Å²) in [6.45, 7) is 0. The van der Waals surface area contributed by atoms with Crippen molar-refractivity contribution in [2.75, 3.05) is 5.32 Å². The molecule has 18 heavy (non-hydrogen) atoms. The van der Waals surface area contributed by atoms with E-state index in [1.165, 1.54) is 0 Å². The lowest BCUT2D eigenvalue weighted by Gasteiger charge is -2.00. The highest BCUT2D eigenvalue weighted by molar-refractivity contribution is 5.85. The van der Waals surface area contributed by atoms with Gasteiger partial charge in [-0.3, -0.25) is 5.32 Å². The molecule has 1 N–H and O–H groups in total. The highest BCUT2D eigenvalue weighted by atomic mass is 16.5. The molecule has 0 saturated heterocycles. The van der Waals surface area contributed by atoms with Crippen molar-refractivity contribution in [2.24, 2.45) is 0 Å². The number of para-hydroxylation sites is 1. The predicted octanol–water partition coefficient (Wildman–Crippen LogP) is 3.24. The van der Waals surface area contributed by atoms with Crippen LogP contribution in [-0.2, 0) is 4.74 Å². The fourth-order valence-electron chi connectivity index (χ4n) is 1.32. The Kier molecular flexibility index (Phi) is 3.99. The van der Waals surface area contributed by atoms with Crippen LogP contribution in [0.25, 0.3) is 0 Å². The number of carbonyl (C=O) groups excluding carboxylic acids is 1. The van der Waals surface area contributed by atoms with Crippen LogP contribution in [0, 0.1) is 12.0 Å². The zero-order valence-corrected chi connectivity index (χ0v) is 9.59. The minimum absolute atomic E-state index is 0.593. The average molecular weight is 237 g/mol. The lowest BCUT2D eigenvalue weighted by molar-refractivity contribution is 0.207. The van der Waals surface area contributed by atoms with Gasteiger partial charge in [0, 0.05) is 11.3 Å². The molecule has 0 atom stereocenters. The molecule has 0 unspecified atom stereocenters. The van der Waals surface area contributed by atoms with Crippen LogP contribution in [0.1, 0.15) is 5.56 Å². The second-order valence-corrected chi connectivity index (χ2v) is 3.47. The standard InChI is InChI=1S/C15H11NO2/c17-15(16-14-9-5-2-6-10-14)18-12-11-13-7-3-1-4-8-13/h1-10H,(H,16,17). The zero-order valence-electron chi connectivity index (χ0n) is 9.59. The lowest BCUT2D eigenvalue weighted by atomic mass is 10.2. The van der Waals surface area contributed by atoms with Crippen LogP contribution in [0.5, 0.6) is 0 Å². The van der Waals surface area contributed by atoms with E-state index in [0.29, 0.717) is 5.69 Å². The molecule has 1 amide bonds. The molecule has 2 aromatic rings. The molecule has 0 heterocycles. The van der Waals surface area contributed by atoms with E-state index >= 15 is 0 Å². The normalized spacial score (nSPS) is 8.89. The van der Waals surface area contributed by atoms with E-state index < -0.39 is 6.09 Å². The van der Waals surface area contributed by atoms with E-state index in [4.69, 9.17) is 4.74 Å². The molecule has 0 fully saturated rings. The maximum atomic E-state index is 11.4. The van der Waals surface area contributed by atoms with Crippen LogP contribution < -0.4 is 5.32 Å². The van der Waals surface area contributed by atoms with Crippen molar-refractivity contribution >= 4 is 11.8 Å². The Bertz CT molecular complexity index is 568. The summed E-state index contributed by atoms with van der Waals surface area (Å²) in [5.74, 6) is 2.73. The Hall–Kier alpha value is -2.73. The van der Waals surface area contributed by atoms with Gasteiger partial charge in [0.1, 0.15) is 6.11 Å². The minimum Gasteiger partial charge on any atom is -0.355 e. The van der Waals surface area contributed by atoms with E-state index in [1.807, 2.05) is 48.5 Å². The number of rotatable bonds is 1. The molecule has 3 heteroatoms. The zero-order chi connectivity index (χ0) is 12.6. The molecule has 0 spiro atoms. The summed E-state index contributed by atoms with van der Waals surface area (Å²) in [5, 5.41) is 2.56. The van der Waals surface area contributed by atoms with Gasteiger partial charge in [0.05, 0.1) is 0 Å². The topological polar surface area (TPSA) is 38.3 Å². The minimum atomic E-state index is -0.593. The fraction of sp³-hybridized carbons (Fsp3) is 0. The summed E-state index contributed by atoms with van der Waals surface area (Å²) in [6, 6.07) is 18.4. The first-order chi connectivity index (χ1) is 8.84. The number of nitrogens with one attached hydrogen (secondary N) is 1. The molecule has 0 aromatic heterocycles. The quantitative estimate of drug-likeness (QED) is 0.773. The van der Waals surface area contributed by atoms with Crippen LogP contribution in [0.4, 0.5) is 10.5 Å². The van der Waals surface area contributed by atoms with Crippen molar-refractivity contribution < 1.29 is 9.53 Å². The smallest absolute Gasteiger partial charge is 0.355 e. The third-order valence-corrected chi connectivity index (χ3v) is 2.13. The molecule has 3 nitrogen and oxygen atoms in total. The second-order valence-electron chi connectivity index (χ2n) is 3.47. The van der Waals surface area contributed by atoms with Crippen molar-refractivity contribution in [1.29, 1.82) is 0 Å². The van der Waals surface area contributed by atoms with Crippen LogP contribution >= 0.6 is 0 Å². The van der Waals surface area contributed by atoms with Crippen molar-refractivity contribution in [3.63, 3.8) is 0 Å². The summed E-state index contributed by atoms with van der Waals surface area (Å²) in [6.07, 6.45) is 1.77. The Morgan fingerprint density at radius 3 is 2.22 bits per heavy atom. The van der Waals surface area contributed by atoms with Gasteiger partial charge in [-0.05, 0) is 30.2 Å². The molecule has 0 aliphatic carbocycles. The SMILES string of the molecule is O=C(Nc1ccccc1)OC#Cc1ccccc1. The Morgan fingerprint density at radius 1 is 0.944 bits per heavy atom. The van der Waals surface area contributed by atoms with Crippen molar-refractivity contribution in [2.45, 2.75) is 0 Å². The molecule has 0 aliphatic heterocycles. The van der Waals surface area contributed by atoms with Crippen molar-refractivity contribution in [3.8, 4) is 12.0 Å². The van der Waals surface area contributed by atoms with Crippen LogP contribution in [0.15, 0.2) is 60.7 Å². The average Bonchev–Trinajstić information content (AvgIpc) is 2.41. The number of hydrogen-bond acceptors (Lipinski definition) is 2. The third-order valence-electron chi connectivity index (χ3n) is 2.13. The van der Waals surface area contributed by atoms with Gasteiger partial charge in [-0.1, -0.05) is 36.4 Å². The van der Waals surface area contributed by atoms with Crippen LogP contribution in [0.3, 0.4) is 0 Å². The molecular formula is C15H11NO2. The number of amides is 1.